The normalized spacial score (nSPS) is 11.6. The molecule has 122 valence electrons. The smallest absolute Gasteiger partial charge is 0.459 e. The molecule has 22 heavy (non-hydrogen) atoms. The van der Waals surface area contributed by atoms with Crippen LogP contribution in [0.5, 0.6) is 0 Å². The lowest BCUT2D eigenvalue weighted by atomic mass is 10.1. The molecule has 0 radical (unpaired) electrons. The van der Waals surface area contributed by atoms with Gasteiger partial charge in [-0.05, 0) is 50.8 Å². The minimum absolute atomic E-state index is 0.232. The van der Waals surface area contributed by atoms with E-state index in [4.69, 9.17) is 9.47 Å². The zero-order valence-electron chi connectivity index (χ0n) is 13.5. The minimum Gasteiger partial charge on any atom is -0.459 e. The number of hydrogen-bond donors (Lipinski definition) is 0. The Kier molecular flexibility index (Phi) is 8.04. The van der Waals surface area contributed by atoms with E-state index < -0.39 is 6.16 Å². The molecule has 0 fully saturated rings. The average Bonchev–Trinajstić information content (AvgIpc) is 2.52. The van der Waals surface area contributed by atoms with E-state index in [9.17, 15) is 9.59 Å². The molecular formula is C17H24O5. The summed E-state index contributed by atoms with van der Waals surface area (Å²) in [5.41, 5.74) is 1.73. The third kappa shape index (κ3) is 6.61. The highest BCUT2D eigenvalue weighted by Crippen LogP contribution is 2.10. The Morgan fingerprint density at radius 1 is 1.09 bits per heavy atom. The van der Waals surface area contributed by atoms with Gasteiger partial charge in [0.1, 0.15) is 0 Å². The first kappa shape index (κ1) is 18.0. The van der Waals surface area contributed by atoms with E-state index in [2.05, 4.69) is 11.7 Å². The fourth-order valence-electron chi connectivity index (χ4n) is 1.87. The second-order valence-electron chi connectivity index (χ2n) is 4.94. The van der Waals surface area contributed by atoms with E-state index in [-0.39, 0.29) is 18.7 Å². The molecular weight excluding hydrogens is 284 g/mol. The Hall–Kier alpha value is -2.04. The number of benzene rings is 1. The van der Waals surface area contributed by atoms with Gasteiger partial charge in [-0.1, -0.05) is 19.1 Å². The van der Waals surface area contributed by atoms with Crippen molar-refractivity contribution in [3.8, 4) is 0 Å². The van der Waals surface area contributed by atoms with Crippen molar-refractivity contribution in [2.45, 2.75) is 46.1 Å². The zero-order valence-corrected chi connectivity index (χ0v) is 13.5. The fraction of sp³-hybridized carbons (Fsp3) is 0.529. The van der Waals surface area contributed by atoms with Crippen LogP contribution in [0, 0.1) is 0 Å². The molecule has 0 saturated heterocycles. The van der Waals surface area contributed by atoms with E-state index in [0.717, 1.165) is 6.42 Å². The molecule has 0 aliphatic carbocycles. The van der Waals surface area contributed by atoms with Gasteiger partial charge in [0.2, 0.25) is 0 Å². The third-order valence-electron chi connectivity index (χ3n) is 3.14. The maximum Gasteiger partial charge on any atom is 0.508 e. The van der Waals surface area contributed by atoms with Crippen molar-refractivity contribution in [2.75, 3.05) is 13.2 Å². The summed E-state index contributed by atoms with van der Waals surface area (Å²) in [4.78, 5) is 22.9. The highest BCUT2D eigenvalue weighted by molar-refractivity contribution is 5.89. The van der Waals surface area contributed by atoms with Crippen molar-refractivity contribution in [3.05, 3.63) is 35.4 Å². The van der Waals surface area contributed by atoms with Crippen molar-refractivity contribution in [2.24, 2.45) is 0 Å². The first-order valence-corrected chi connectivity index (χ1v) is 7.66. The summed E-state index contributed by atoms with van der Waals surface area (Å²) in [5.74, 6) is -0.332. The lowest BCUT2D eigenvalue weighted by molar-refractivity contribution is 0.0276. The third-order valence-corrected chi connectivity index (χ3v) is 3.14. The predicted octanol–water partition coefficient (Wildman–Crippen LogP) is 3.75. The van der Waals surface area contributed by atoms with E-state index in [1.54, 1.807) is 19.1 Å². The summed E-state index contributed by atoms with van der Waals surface area (Å²) in [6.07, 6.45) is 1.28. The number of ether oxygens (including phenoxy) is 3. The molecule has 0 N–H and O–H groups in total. The Morgan fingerprint density at radius 3 is 2.36 bits per heavy atom. The van der Waals surface area contributed by atoms with E-state index in [1.807, 2.05) is 19.1 Å². The summed E-state index contributed by atoms with van der Waals surface area (Å²) < 4.78 is 14.8. The fourth-order valence-corrected chi connectivity index (χ4v) is 1.87. The number of aryl methyl sites for hydroxylation is 1. The zero-order chi connectivity index (χ0) is 16.4. The van der Waals surface area contributed by atoms with Gasteiger partial charge >= 0.3 is 12.1 Å². The quantitative estimate of drug-likeness (QED) is 0.540. The van der Waals surface area contributed by atoms with E-state index >= 15 is 0 Å². The van der Waals surface area contributed by atoms with Crippen molar-refractivity contribution >= 4 is 12.1 Å². The minimum atomic E-state index is -0.664. The Morgan fingerprint density at radius 2 is 1.77 bits per heavy atom. The van der Waals surface area contributed by atoms with Gasteiger partial charge in [-0.25, -0.2) is 9.59 Å². The topological polar surface area (TPSA) is 61.8 Å². The molecule has 5 nitrogen and oxygen atoms in total. The second-order valence-corrected chi connectivity index (χ2v) is 4.94. The lowest BCUT2D eigenvalue weighted by Crippen LogP contribution is -2.16. The van der Waals surface area contributed by atoms with Gasteiger partial charge in [-0.2, -0.15) is 0 Å². The van der Waals surface area contributed by atoms with Crippen LogP contribution in [-0.2, 0) is 20.6 Å². The van der Waals surface area contributed by atoms with Crippen LogP contribution >= 0.6 is 0 Å². The summed E-state index contributed by atoms with van der Waals surface area (Å²) in [6, 6.07) is 7.40. The van der Waals surface area contributed by atoms with Crippen LogP contribution in [0.3, 0.4) is 0 Å². The molecule has 0 aliphatic heterocycles. The molecule has 0 spiro atoms. The number of hydrogen-bond acceptors (Lipinski definition) is 5. The SMILES string of the molecule is CCOC(=O)OCCCC(C)OC(=O)c1ccc(CC)cc1. The van der Waals surface area contributed by atoms with Gasteiger partial charge in [0.25, 0.3) is 0 Å². The summed E-state index contributed by atoms with van der Waals surface area (Å²) in [7, 11) is 0. The predicted molar refractivity (Wildman–Crippen MR) is 82.9 cm³/mol. The molecule has 0 amide bonds. The van der Waals surface area contributed by atoms with Crippen molar-refractivity contribution < 1.29 is 23.8 Å². The molecule has 1 aromatic rings. The van der Waals surface area contributed by atoms with E-state index in [1.165, 1.54) is 5.56 Å². The second kappa shape index (κ2) is 9.82. The van der Waals surface area contributed by atoms with Crippen LogP contribution in [0.15, 0.2) is 24.3 Å². The largest absolute Gasteiger partial charge is 0.508 e. The molecule has 0 saturated carbocycles. The molecule has 0 heterocycles. The van der Waals surface area contributed by atoms with Crippen molar-refractivity contribution in [1.29, 1.82) is 0 Å². The molecule has 0 aliphatic rings. The standard InChI is InChI=1S/C17H24O5/c1-4-14-8-10-15(11-9-14)16(18)22-13(3)7-6-12-21-17(19)20-5-2/h8-11,13H,4-7,12H2,1-3H3. The van der Waals surface area contributed by atoms with Crippen molar-refractivity contribution in [3.63, 3.8) is 0 Å². The highest BCUT2D eigenvalue weighted by Gasteiger charge is 2.12. The van der Waals surface area contributed by atoms with Crippen LogP contribution in [0.4, 0.5) is 4.79 Å². The molecule has 1 aromatic carbocycles. The van der Waals surface area contributed by atoms with Gasteiger partial charge in [0.15, 0.2) is 0 Å². The van der Waals surface area contributed by atoms with Crippen molar-refractivity contribution in [1.82, 2.24) is 0 Å². The summed E-state index contributed by atoms with van der Waals surface area (Å²) >= 11 is 0. The van der Waals surface area contributed by atoms with Crippen LogP contribution in [0.25, 0.3) is 0 Å². The monoisotopic (exact) mass is 308 g/mol. The van der Waals surface area contributed by atoms with Gasteiger partial charge in [0.05, 0.1) is 24.9 Å². The van der Waals surface area contributed by atoms with Gasteiger partial charge in [0, 0.05) is 0 Å². The number of carbonyl (C=O) groups excluding carboxylic acids is 2. The maximum atomic E-state index is 12.0. The number of carbonyl (C=O) groups is 2. The van der Waals surface area contributed by atoms with Crippen LogP contribution in [0.1, 0.15) is 49.5 Å². The van der Waals surface area contributed by atoms with E-state index in [0.29, 0.717) is 25.0 Å². The van der Waals surface area contributed by atoms with Crippen LogP contribution < -0.4 is 0 Å². The number of esters is 1. The van der Waals surface area contributed by atoms with Gasteiger partial charge in [-0.15, -0.1) is 0 Å². The number of rotatable bonds is 8. The molecule has 0 bridgehead atoms. The first-order valence-electron chi connectivity index (χ1n) is 7.66. The summed E-state index contributed by atoms with van der Waals surface area (Å²) in [5, 5.41) is 0. The molecule has 1 atom stereocenters. The Balaban J connectivity index is 2.27. The maximum absolute atomic E-state index is 12.0. The Labute approximate surface area is 131 Å². The van der Waals surface area contributed by atoms with Crippen LogP contribution in [-0.4, -0.2) is 31.4 Å². The average molecular weight is 308 g/mol. The molecule has 1 unspecified atom stereocenters. The molecule has 1 rings (SSSR count). The summed E-state index contributed by atoms with van der Waals surface area (Å²) in [6.45, 7) is 6.15. The molecule has 5 heteroatoms. The van der Waals surface area contributed by atoms with Gasteiger partial charge < -0.3 is 14.2 Å². The Bertz CT molecular complexity index is 466. The lowest BCUT2D eigenvalue weighted by Gasteiger charge is -2.13. The van der Waals surface area contributed by atoms with Gasteiger partial charge in [-0.3, -0.25) is 0 Å². The van der Waals surface area contributed by atoms with Crippen LogP contribution in [0.2, 0.25) is 0 Å². The first-order chi connectivity index (χ1) is 10.6. The highest BCUT2D eigenvalue weighted by atomic mass is 16.7. The molecule has 0 aromatic heterocycles.